The summed E-state index contributed by atoms with van der Waals surface area (Å²) in [6.07, 6.45) is -2.31. The molecule has 0 aliphatic heterocycles. The molecule has 0 heterocycles. The largest absolute Gasteiger partial charge is 0.481 e. The van der Waals surface area contributed by atoms with E-state index >= 15 is 0 Å². The van der Waals surface area contributed by atoms with Gasteiger partial charge in [-0.1, -0.05) is 11.8 Å². The number of hydrogen-bond donors (Lipinski definition) is 3. The van der Waals surface area contributed by atoms with Gasteiger partial charge in [0.15, 0.2) is 5.17 Å². The molecule has 0 saturated carbocycles. The zero-order valence-electron chi connectivity index (χ0n) is 6.55. The van der Waals surface area contributed by atoms with Gasteiger partial charge in [-0.25, -0.2) is 0 Å². The number of thioether (sulfide) groups is 1. The van der Waals surface area contributed by atoms with Crippen LogP contribution in [0.4, 0.5) is 0 Å². The number of carboxylic acid groups (broad SMARTS) is 1. The van der Waals surface area contributed by atoms with Gasteiger partial charge in [0.1, 0.15) is 0 Å². The smallest absolute Gasteiger partial charge is 0.304 e. The van der Waals surface area contributed by atoms with E-state index in [1.165, 1.54) is 0 Å². The molecule has 4 nitrogen and oxygen atoms in total. The molecule has 0 rings (SSSR count). The van der Waals surface area contributed by atoms with Crippen LogP contribution in [0.5, 0.6) is 0 Å². The fourth-order valence-electron chi connectivity index (χ4n) is 0.176. The van der Waals surface area contributed by atoms with Crippen molar-refractivity contribution >= 4 is 22.9 Å². The number of aliphatic carboxylic acids is 1. The van der Waals surface area contributed by atoms with Gasteiger partial charge < -0.3 is 10.8 Å². The number of rotatable bonds is 3. The summed E-state index contributed by atoms with van der Waals surface area (Å²) in [5, 5.41) is 14.7. The van der Waals surface area contributed by atoms with Gasteiger partial charge in [-0.2, -0.15) is 0 Å². The Morgan fingerprint density at radius 1 is 2.00 bits per heavy atom. The maximum atomic E-state index is 10.1. The van der Waals surface area contributed by atoms with E-state index in [-0.39, 0.29) is 10.9 Å². The first-order chi connectivity index (χ1) is 4.86. The van der Waals surface area contributed by atoms with Crippen LogP contribution in [-0.4, -0.2) is 22.0 Å². The van der Waals surface area contributed by atoms with Crippen molar-refractivity contribution in [2.24, 2.45) is 5.73 Å². The summed E-state index contributed by atoms with van der Waals surface area (Å²) in [4.78, 5) is 10.1. The normalized spacial score (nSPS) is 13.8. The Bertz CT molecular complexity index is 185. The minimum atomic E-state index is -2.31. The van der Waals surface area contributed by atoms with Crippen molar-refractivity contribution in [3.05, 3.63) is 0 Å². The molecular formula is C4H8N2O2S. The average Bonchev–Trinajstić information content (AvgIpc) is 1.84. The molecule has 0 amide bonds. The van der Waals surface area contributed by atoms with Gasteiger partial charge in [0.2, 0.25) is 0 Å². The molecule has 0 aromatic heterocycles. The molecule has 0 bridgehead atoms. The van der Waals surface area contributed by atoms with Crippen molar-refractivity contribution < 1.29 is 12.6 Å². The number of hydrogen-bond acceptors (Lipinski definition) is 3. The molecule has 0 unspecified atom stereocenters. The van der Waals surface area contributed by atoms with Crippen LogP contribution in [0.15, 0.2) is 0 Å². The summed E-state index contributed by atoms with van der Waals surface area (Å²) in [5.41, 5.74) is 4.89. The van der Waals surface area contributed by atoms with Crippen molar-refractivity contribution in [1.29, 1.82) is 5.41 Å². The topological polar surface area (TPSA) is 87.2 Å². The lowest BCUT2D eigenvalue weighted by Gasteiger charge is -1.92. The van der Waals surface area contributed by atoms with Crippen LogP contribution in [0.1, 0.15) is 9.11 Å². The highest BCUT2D eigenvalue weighted by Crippen LogP contribution is 1.99. The Balaban J connectivity index is 3.92. The minimum Gasteiger partial charge on any atom is -0.481 e. The molecule has 0 aliphatic rings. The van der Waals surface area contributed by atoms with Gasteiger partial charge in [-0.05, 0) is 0 Å². The third kappa shape index (κ3) is 7.29. The Labute approximate surface area is 59.7 Å². The number of nitrogens with two attached hydrogens (primary N) is 1. The molecular weight excluding hydrogens is 140 g/mol. The van der Waals surface area contributed by atoms with Crippen LogP contribution in [-0.2, 0) is 4.79 Å². The van der Waals surface area contributed by atoms with Gasteiger partial charge in [-0.3, -0.25) is 10.2 Å². The number of amidine groups is 1. The fourth-order valence-corrected chi connectivity index (χ4v) is 0.527. The second kappa shape index (κ2) is 4.20. The average molecular weight is 150 g/mol. The van der Waals surface area contributed by atoms with E-state index in [1.807, 2.05) is 0 Å². The van der Waals surface area contributed by atoms with E-state index in [1.54, 1.807) is 0 Å². The predicted molar refractivity (Wildman–Crippen MR) is 36.6 cm³/mol. The molecule has 0 aromatic carbocycles. The molecule has 9 heavy (non-hydrogen) atoms. The van der Waals surface area contributed by atoms with Crippen LogP contribution >= 0.6 is 11.8 Å². The van der Waals surface area contributed by atoms with Crippen molar-refractivity contribution in [3.63, 3.8) is 0 Å². The molecule has 0 radical (unpaired) electrons. The Morgan fingerprint density at radius 3 is 2.89 bits per heavy atom. The second-order valence-corrected chi connectivity index (χ2v) is 2.15. The molecule has 0 spiro atoms. The maximum absolute atomic E-state index is 10.1. The number of nitrogens with one attached hydrogen (secondary N) is 1. The zero-order chi connectivity index (χ0) is 9.07. The predicted octanol–water partition coefficient (Wildman–Crippen LogP) is 0.0878. The molecule has 0 aromatic rings. The first-order valence-corrected chi connectivity index (χ1v) is 3.05. The van der Waals surface area contributed by atoms with E-state index in [0.717, 1.165) is 0 Å². The molecule has 0 saturated heterocycles. The molecule has 0 atom stereocenters. The van der Waals surface area contributed by atoms with Crippen LogP contribution in [0, 0.1) is 5.41 Å². The second-order valence-electron chi connectivity index (χ2n) is 1.13. The van der Waals surface area contributed by atoms with Crippen molar-refractivity contribution in [1.82, 2.24) is 0 Å². The third-order valence-corrected chi connectivity index (χ3v) is 1.05. The standard InChI is InChI=1S/C4H8N2O2S/c5-4(6)9-2-1-3(7)8/h1-2H2,(H3,5,6)(H,7,8)/i1D2. The van der Waals surface area contributed by atoms with Gasteiger partial charge >= 0.3 is 5.97 Å². The first kappa shape index (κ1) is 5.10. The summed E-state index contributed by atoms with van der Waals surface area (Å²) in [6, 6.07) is 0. The fraction of sp³-hybridized carbons (Fsp3) is 0.500. The number of carboxylic acids is 1. The maximum Gasteiger partial charge on any atom is 0.304 e. The Morgan fingerprint density at radius 2 is 2.56 bits per heavy atom. The minimum absolute atomic E-state index is 0.282. The monoisotopic (exact) mass is 150 g/mol. The van der Waals surface area contributed by atoms with Crippen molar-refractivity contribution in [3.8, 4) is 0 Å². The Kier molecular flexibility index (Phi) is 2.38. The highest BCUT2D eigenvalue weighted by molar-refractivity contribution is 8.13. The van der Waals surface area contributed by atoms with Gasteiger partial charge in [0, 0.05) is 8.49 Å². The summed E-state index contributed by atoms with van der Waals surface area (Å²) in [7, 11) is 0. The van der Waals surface area contributed by atoms with E-state index in [4.69, 9.17) is 19.0 Å². The van der Waals surface area contributed by atoms with E-state index in [0.29, 0.717) is 11.8 Å². The van der Waals surface area contributed by atoms with Crippen LogP contribution < -0.4 is 5.73 Å². The quantitative estimate of drug-likeness (QED) is 0.393. The lowest BCUT2D eigenvalue weighted by Crippen LogP contribution is -2.06. The van der Waals surface area contributed by atoms with Gasteiger partial charge in [0.05, 0.1) is 6.37 Å². The zero-order valence-corrected chi connectivity index (χ0v) is 5.36. The van der Waals surface area contributed by atoms with Crippen LogP contribution in [0.25, 0.3) is 0 Å². The third-order valence-electron chi connectivity index (χ3n) is 0.451. The molecule has 0 aliphatic carbocycles. The molecule has 52 valence electrons. The highest BCUT2D eigenvalue weighted by Gasteiger charge is 1.96. The lowest BCUT2D eigenvalue weighted by molar-refractivity contribution is -0.136. The molecule has 5 heteroatoms. The van der Waals surface area contributed by atoms with Crippen molar-refractivity contribution in [2.75, 3.05) is 5.75 Å². The summed E-state index contributed by atoms with van der Waals surface area (Å²) < 4.78 is 13.7. The number of carbonyl (C=O) groups is 1. The SMILES string of the molecule is [2H]C([2H])(CSC(=N)N)C(=O)O. The van der Waals surface area contributed by atoms with E-state index in [2.05, 4.69) is 0 Å². The van der Waals surface area contributed by atoms with E-state index in [9.17, 15) is 4.79 Å². The first-order valence-electron chi connectivity index (χ1n) is 3.06. The van der Waals surface area contributed by atoms with Gasteiger partial charge in [-0.15, -0.1) is 0 Å². The molecule has 4 N–H and O–H groups in total. The van der Waals surface area contributed by atoms with Gasteiger partial charge in [0.25, 0.3) is 0 Å². The summed E-state index contributed by atoms with van der Waals surface area (Å²) >= 11 is 0.672. The highest BCUT2D eigenvalue weighted by atomic mass is 32.2. The summed E-state index contributed by atoms with van der Waals surface area (Å²) in [5.74, 6) is -1.87. The Hall–Kier alpha value is -0.710. The van der Waals surface area contributed by atoms with E-state index < -0.39 is 12.3 Å². The van der Waals surface area contributed by atoms with Crippen LogP contribution in [0.3, 0.4) is 0 Å². The van der Waals surface area contributed by atoms with Crippen LogP contribution in [0.2, 0.25) is 0 Å². The van der Waals surface area contributed by atoms with Crippen molar-refractivity contribution in [2.45, 2.75) is 6.37 Å². The molecule has 0 fully saturated rings. The summed E-state index contributed by atoms with van der Waals surface area (Å²) in [6.45, 7) is 0. The lowest BCUT2D eigenvalue weighted by atomic mass is 10.5.